The van der Waals surface area contributed by atoms with Crippen molar-refractivity contribution >= 4 is 0 Å². The lowest BCUT2D eigenvalue weighted by Gasteiger charge is -2.33. The van der Waals surface area contributed by atoms with Crippen molar-refractivity contribution in [2.75, 3.05) is 28.3 Å². The van der Waals surface area contributed by atoms with Gasteiger partial charge in [0, 0.05) is 19.4 Å². The first-order valence-electron chi connectivity index (χ1n) is 3.56. The average molecular weight is 157 g/mol. The monoisotopic (exact) mass is 157 g/mol. The second-order valence-electron chi connectivity index (χ2n) is 2.82. The SMILES string of the molecule is CON1C=CN(C)C1N(C)C. The summed E-state index contributed by atoms with van der Waals surface area (Å²) in [7, 11) is 7.71. The van der Waals surface area contributed by atoms with E-state index >= 15 is 0 Å². The van der Waals surface area contributed by atoms with E-state index in [-0.39, 0.29) is 6.29 Å². The highest BCUT2D eigenvalue weighted by Crippen LogP contribution is 2.14. The minimum absolute atomic E-state index is 0.181. The van der Waals surface area contributed by atoms with Gasteiger partial charge in [-0.05, 0) is 14.1 Å². The van der Waals surface area contributed by atoms with E-state index in [9.17, 15) is 0 Å². The Labute approximate surface area is 67.6 Å². The normalized spacial score (nSPS) is 23.9. The topological polar surface area (TPSA) is 19.0 Å². The Morgan fingerprint density at radius 3 is 2.36 bits per heavy atom. The minimum atomic E-state index is 0.181. The molecule has 4 heteroatoms. The number of hydroxylamine groups is 2. The molecule has 1 rings (SSSR count). The molecule has 0 bridgehead atoms. The van der Waals surface area contributed by atoms with Crippen molar-refractivity contribution in [1.82, 2.24) is 14.9 Å². The molecule has 11 heavy (non-hydrogen) atoms. The van der Waals surface area contributed by atoms with E-state index in [2.05, 4.69) is 9.80 Å². The van der Waals surface area contributed by atoms with Crippen LogP contribution >= 0.6 is 0 Å². The highest BCUT2D eigenvalue weighted by Gasteiger charge is 2.25. The summed E-state index contributed by atoms with van der Waals surface area (Å²) in [4.78, 5) is 9.26. The van der Waals surface area contributed by atoms with E-state index in [4.69, 9.17) is 4.84 Å². The van der Waals surface area contributed by atoms with Crippen molar-refractivity contribution in [3.63, 3.8) is 0 Å². The predicted molar refractivity (Wildman–Crippen MR) is 43.2 cm³/mol. The summed E-state index contributed by atoms with van der Waals surface area (Å²) in [6, 6.07) is 0. The second kappa shape index (κ2) is 3.11. The number of hydrogen-bond donors (Lipinski definition) is 0. The fourth-order valence-electron chi connectivity index (χ4n) is 1.25. The van der Waals surface area contributed by atoms with E-state index in [1.807, 2.05) is 33.5 Å². The summed E-state index contributed by atoms with van der Waals surface area (Å²) in [6.07, 6.45) is 4.07. The molecule has 0 aromatic carbocycles. The molecule has 0 saturated heterocycles. The molecule has 1 unspecified atom stereocenters. The summed E-state index contributed by atoms with van der Waals surface area (Å²) < 4.78 is 0. The molecule has 1 heterocycles. The van der Waals surface area contributed by atoms with Crippen molar-refractivity contribution in [1.29, 1.82) is 0 Å². The van der Waals surface area contributed by atoms with Crippen molar-refractivity contribution in [3.8, 4) is 0 Å². The smallest absolute Gasteiger partial charge is 0.183 e. The molecular weight excluding hydrogens is 142 g/mol. The molecule has 0 saturated carbocycles. The zero-order valence-electron chi connectivity index (χ0n) is 7.48. The predicted octanol–water partition coefficient (Wildman–Crippen LogP) is 0.112. The van der Waals surface area contributed by atoms with E-state index < -0.39 is 0 Å². The van der Waals surface area contributed by atoms with Crippen LogP contribution in [0.2, 0.25) is 0 Å². The summed E-state index contributed by atoms with van der Waals surface area (Å²) in [5, 5.41) is 1.79. The number of hydrogen-bond acceptors (Lipinski definition) is 4. The van der Waals surface area contributed by atoms with Gasteiger partial charge in [-0.2, -0.15) is 0 Å². The largest absolute Gasteiger partial charge is 0.345 e. The lowest BCUT2D eigenvalue weighted by atomic mass is 10.6. The quantitative estimate of drug-likeness (QED) is 0.566. The Bertz CT molecular complexity index is 158. The third kappa shape index (κ3) is 1.46. The molecule has 0 amide bonds. The van der Waals surface area contributed by atoms with Gasteiger partial charge in [-0.3, -0.25) is 9.74 Å². The molecule has 4 nitrogen and oxygen atoms in total. The summed E-state index contributed by atoms with van der Waals surface area (Å²) in [6.45, 7) is 0. The zero-order chi connectivity index (χ0) is 8.43. The van der Waals surface area contributed by atoms with Crippen LogP contribution in [0.25, 0.3) is 0 Å². The lowest BCUT2D eigenvalue weighted by Crippen LogP contribution is -2.46. The van der Waals surface area contributed by atoms with E-state index in [1.54, 1.807) is 12.2 Å². The molecule has 0 fully saturated rings. The lowest BCUT2D eigenvalue weighted by molar-refractivity contribution is -0.175. The maximum atomic E-state index is 5.12. The number of rotatable bonds is 2. The van der Waals surface area contributed by atoms with Crippen molar-refractivity contribution < 1.29 is 4.84 Å². The third-order valence-electron chi connectivity index (χ3n) is 1.71. The highest BCUT2D eigenvalue weighted by molar-refractivity contribution is 4.90. The van der Waals surface area contributed by atoms with Crippen LogP contribution in [0.3, 0.4) is 0 Å². The van der Waals surface area contributed by atoms with Gasteiger partial charge in [0.15, 0.2) is 6.29 Å². The van der Waals surface area contributed by atoms with Crippen LogP contribution in [0.15, 0.2) is 12.4 Å². The first-order chi connectivity index (χ1) is 5.16. The molecule has 1 aliphatic rings. The molecule has 0 spiro atoms. The third-order valence-corrected chi connectivity index (χ3v) is 1.71. The second-order valence-corrected chi connectivity index (χ2v) is 2.82. The van der Waals surface area contributed by atoms with Crippen molar-refractivity contribution in [3.05, 3.63) is 12.4 Å². The average Bonchev–Trinajstić information content (AvgIpc) is 2.30. The van der Waals surface area contributed by atoms with Crippen LogP contribution in [-0.4, -0.2) is 49.4 Å². The molecule has 0 N–H and O–H groups in total. The molecule has 1 atom stereocenters. The van der Waals surface area contributed by atoms with E-state index in [1.165, 1.54) is 0 Å². The van der Waals surface area contributed by atoms with E-state index in [0.29, 0.717) is 0 Å². The Balaban J connectivity index is 2.62. The molecule has 0 aromatic rings. The maximum Gasteiger partial charge on any atom is 0.183 e. The first-order valence-corrected chi connectivity index (χ1v) is 3.56. The van der Waals surface area contributed by atoms with E-state index in [0.717, 1.165) is 0 Å². The summed E-state index contributed by atoms with van der Waals surface area (Å²) in [5.41, 5.74) is 0. The molecule has 0 aromatic heterocycles. The maximum absolute atomic E-state index is 5.12. The molecular formula is C7H15N3O. The van der Waals surface area contributed by atoms with Crippen LogP contribution in [0.5, 0.6) is 0 Å². The van der Waals surface area contributed by atoms with Crippen molar-refractivity contribution in [2.45, 2.75) is 6.29 Å². The fourth-order valence-corrected chi connectivity index (χ4v) is 1.25. The fraction of sp³-hybridized carbons (Fsp3) is 0.714. The molecule has 0 aliphatic carbocycles. The Hall–Kier alpha value is -0.740. The van der Waals surface area contributed by atoms with Crippen molar-refractivity contribution in [2.24, 2.45) is 0 Å². The minimum Gasteiger partial charge on any atom is -0.345 e. The molecule has 1 aliphatic heterocycles. The van der Waals surface area contributed by atoms with Gasteiger partial charge in [0.2, 0.25) is 0 Å². The van der Waals surface area contributed by atoms with Crippen LogP contribution < -0.4 is 0 Å². The summed E-state index contributed by atoms with van der Waals surface area (Å²) in [5.74, 6) is 0. The van der Waals surface area contributed by atoms with Crippen LogP contribution in [0.1, 0.15) is 0 Å². The molecule has 0 radical (unpaired) electrons. The standard InChI is InChI=1S/C7H15N3O/c1-8(2)7-9(3)5-6-10(7)11-4/h5-7H,1-4H3. The van der Waals surface area contributed by atoms with Crippen LogP contribution in [0, 0.1) is 0 Å². The highest BCUT2D eigenvalue weighted by atomic mass is 16.7. The van der Waals surface area contributed by atoms with Gasteiger partial charge in [0.05, 0.1) is 7.11 Å². The number of nitrogens with zero attached hydrogens (tertiary/aromatic N) is 3. The Morgan fingerprint density at radius 2 is 2.00 bits per heavy atom. The Morgan fingerprint density at radius 1 is 1.36 bits per heavy atom. The molecule has 64 valence electrons. The van der Waals surface area contributed by atoms with Gasteiger partial charge in [-0.15, -0.1) is 0 Å². The first kappa shape index (κ1) is 8.36. The summed E-state index contributed by atoms with van der Waals surface area (Å²) >= 11 is 0. The zero-order valence-corrected chi connectivity index (χ0v) is 7.48. The van der Waals surface area contributed by atoms with Gasteiger partial charge in [-0.25, -0.2) is 5.06 Å². The van der Waals surface area contributed by atoms with Gasteiger partial charge >= 0.3 is 0 Å². The van der Waals surface area contributed by atoms with Crippen LogP contribution in [-0.2, 0) is 4.84 Å². The van der Waals surface area contributed by atoms with Gasteiger partial charge in [-0.1, -0.05) is 0 Å². The van der Waals surface area contributed by atoms with Gasteiger partial charge in [0.1, 0.15) is 0 Å². The van der Waals surface area contributed by atoms with Gasteiger partial charge < -0.3 is 4.90 Å². The van der Waals surface area contributed by atoms with Crippen LogP contribution in [0.4, 0.5) is 0 Å². The Kier molecular flexibility index (Phi) is 2.36. The van der Waals surface area contributed by atoms with Gasteiger partial charge in [0.25, 0.3) is 0 Å².